The smallest absolute Gasteiger partial charge is 0.255 e. The maximum Gasteiger partial charge on any atom is 0.255 e. The van der Waals surface area contributed by atoms with E-state index in [0.29, 0.717) is 6.54 Å². The third kappa shape index (κ3) is 1.61. The SMILES string of the molecule is Cc1ccc2c(c1)N1CC(C)(C)C(=O)N1C1C(=O)N(C)C(=O)C21. The van der Waals surface area contributed by atoms with Crippen LogP contribution in [-0.4, -0.2) is 47.3 Å². The first kappa shape index (κ1) is 14.2. The molecule has 2 unspecified atom stereocenters. The number of likely N-dealkylation sites (N-methyl/N-ethyl adjacent to an activating group) is 1. The van der Waals surface area contributed by atoms with E-state index in [9.17, 15) is 14.4 Å². The van der Waals surface area contributed by atoms with E-state index in [4.69, 9.17) is 0 Å². The average Bonchev–Trinajstić information content (AvgIpc) is 2.86. The van der Waals surface area contributed by atoms with Crippen LogP contribution in [0.25, 0.3) is 0 Å². The van der Waals surface area contributed by atoms with E-state index in [1.165, 1.54) is 12.1 Å². The van der Waals surface area contributed by atoms with E-state index in [1.807, 2.05) is 44.0 Å². The zero-order chi connectivity index (χ0) is 16.7. The number of imide groups is 1. The second kappa shape index (κ2) is 4.13. The van der Waals surface area contributed by atoms with Crippen molar-refractivity contribution in [1.82, 2.24) is 9.91 Å². The summed E-state index contributed by atoms with van der Waals surface area (Å²) in [5, 5.41) is 3.41. The molecule has 6 heteroatoms. The predicted octanol–water partition coefficient (Wildman–Crippen LogP) is 1.05. The number of amides is 3. The van der Waals surface area contributed by atoms with Crippen LogP contribution in [0, 0.1) is 12.3 Å². The topological polar surface area (TPSA) is 60.9 Å². The maximum atomic E-state index is 12.9. The number of fused-ring (bicyclic) bond motifs is 6. The van der Waals surface area contributed by atoms with Gasteiger partial charge in [0.05, 0.1) is 23.6 Å². The van der Waals surface area contributed by atoms with E-state index in [0.717, 1.165) is 21.7 Å². The number of aryl methyl sites for hydroxylation is 1. The van der Waals surface area contributed by atoms with Gasteiger partial charge in [0.2, 0.25) is 11.8 Å². The fourth-order valence-corrected chi connectivity index (χ4v) is 3.90. The van der Waals surface area contributed by atoms with E-state index >= 15 is 0 Å². The molecule has 3 amide bonds. The molecule has 23 heavy (non-hydrogen) atoms. The van der Waals surface area contributed by atoms with Gasteiger partial charge in [0.25, 0.3) is 5.91 Å². The first-order chi connectivity index (χ1) is 10.7. The lowest BCUT2D eigenvalue weighted by Gasteiger charge is -2.41. The Kier molecular flexibility index (Phi) is 2.55. The minimum Gasteiger partial charge on any atom is -0.283 e. The van der Waals surface area contributed by atoms with Crippen LogP contribution in [-0.2, 0) is 14.4 Å². The van der Waals surface area contributed by atoms with Gasteiger partial charge in [0.1, 0.15) is 6.04 Å². The fourth-order valence-electron chi connectivity index (χ4n) is 3.90. The molecule has 6 nitrogen and oxygen atoms in total. The molecule has 2 saturated heterocycles. The summed E-state index contributed by atoms with van der Waals surface area (Å²) in [7, 11) is 1.49. The summed E-state index contributed by atoms with van der Waals surface area (Å²) < 4.78 is 0. The largest absolute Gasteiger partial charge is 0.283 e. The number of hydrazine groups is 1. The van der Waals surface area contributed by atoms with Crippen molar-refractivity contribution in [2.75, 3.05) is 18.6 Å². The summed E-state index contributed by atoms with van der Waals surface area (Å²) in [4.78, 5) is 39.2. The molecule has 3 aliphatic heterocycles. The summed E-state index contributed by atoms with van der Waals surface area (Å²) in [5.74, 6) is -1.24. The van der Waals surface area contributed by atoms with Crippen LogP contribution in [0.1, 0.15) is 30.9 Å². The van der Waals surface area contributed by atoms with Gasteiger partial charge < -0.3 is 0 Å². The highest BCUT2D eigenvalue weighted by atomic mass is 16.2. The van der Waals surface area contributed by atoms with Gasteiger partial charge in [-0.2, -0.15) is 0 Å². The van der Waals surface area contributed by atoms with Crippen molar-refractivity contribution in [2.24, 2.45) is 5.41 Å². The van der Waals surface area contributed by atoms with Crippen molar-refractivity contribution in [3.05, 3.63) is 29.3 Å². The monoisotopic (exact) mass is 313 g/mol. The Labute approximate surface area is 134 Å². The highest BCUT2D eigenvalue weighted by Gasteiger charge is 2.60. The molecular formula is C17H19N3O3. The highest BCUT2D eigenvalue weighted by molar-refractivity contribution is 6.12. The maximum absolute atomic E-state index is 12.9. The molecule has 3 heterocycles. The zero-order valence-electron chi connectivity index (χ0n) is 13.7. The number of anilines is 1. The van der Waals surface area contributed by atoms with Crippen molar-refractivity contribution >= 4 is 23.4 Å². The van der Waals surface area contributed by atoms with Gasteiger partial charge in [-0.25, -0.2) is 5.01 Å². The number of carbonyl (C=O) groups is 3. The van der Waals surface area contributed by atoms with Crippen LogP contribution >= 0.6 is 0 Å². The highest BCUT2D eigenvalue weighted by Crippen LogP contribution is 2.48. The van der Waals surface area contributed by atoms with E-state index in [1.54, 1.807) is 0 Å². The van der Waals surface area contributed by atoms with Crippen LogP contribution in [0.15, 0.2) is 18.2 Å². The molecule has 0 bridgehead atoms. The average molecular weight is 313 g/mol. The van der Waals surface area contributed by atoms with Crippen LogP contribution in [0.4, 0.5) is 5.69 Å². The molecule has 3 aliphatic rings. The molecule has 1 aromatic rings. The zero-order valence-corrected chi connectivity index (χ0v) is 13.7. The van der Waals surface area contributed by atoms with Crippen LogP contribution in [0.2, 0.25) is 0 Å². The number of hydrogen-bond donors (Lipinski definition) is 0. The quantitative estimate of drug-likeness (QED) is 0.672. The van der Waals surface area contributed by atoms with Crippen molar-refractivity contribution in [3.63, 3.8) is 0 Å². The third-order valence-electron chi connectivity index (χ3n) is 5.15. The van der Waals surface area contributed by atoms with Crippen LogP contribution < -0.4 is 5.01 Å². The normalized spacial score (nSPS) is 28.2. The van der Waals surface area contributed by atoms with E-state index in [2.05, 4.69) is 0 Å². The van der Waals surface area contributed by atoms with Crippen LogP contribution in [0.3, 0.4) is 0 Å². The minimum absolute atomic E-state index is 0.101. The van der Waals surface area contributed by atoms with Gasteiger partial charge in [-0.1, -0.05) is 12.1 Å². The molecular weight excluding hydrogens is 294 g/mol. The Morgan fingerprint density at radius 2 is 1.83 bits per heavy atom. The number of benzene rings is 1. The van der Waals surface area contributed by atoms with E-state index in [-0.39, 0.29) is 17.7 Å². The summed E-state index contributed by atoms with van der Waals surface area (Å²) in [6, 6.07) is 5.10. The molecule has 4 rings (SSSR count). The van der Waals surface area contributed by atoms with Gasteiger partial charge in [-0.15, -0.1) is 0 Å². The van der Waals surface area contributed by atoms with Gasteiger partial charge >= 0.3 is 0 Å². The molecule has 120 valence electrons. The van der Waals surface area contributed by atoms with Crippen molar-refractivity contribution in [2.45, 2.75) is 32.7 Å². The molecule has 0 N–H and O–H groups in total. The molecule has 0 saturated carbocycles. The third-order valence-corrected chi connectivity index (χ3v) is 5.15. The first-order valence-corrected chi connectivity index (χ1v) is 7.77. The Balaban J connectivity index is 1.98. The number of carbonyl (C=O) groups excluding carboxylic acids is 3. The number of rotatable bonds is 0. The lowest BCUT2D eigenvalue weighted by molar-refractivity contribution is -0.144. The minimum atomic E-state index is -0.753. The lowest BCUT2D eigenvalue weighted by Crippen LogP contribution is -2.55. The molecule has 1 aromatic carbocycles. The second-order valence-electron chi connectivity index (χ2n) is 7.31. The number of nitrogens with zero attached hydrogens (tertiary/aromatic N) is 3. The van der Waals surface area contributed by atoms with Crippen molar-refractivity contribution in [3.8, 4) is 0 Å². The van der Waals surface area contributed by atoms with Crippen molar-refractivity contribution in [1.29, 1.82) is 0 Å². The van der Waals surface area contributed by atoms with Gasteiger partial charge in [0.15, 0.2) is 0 Å². The van der Waals surface area contributed by atoms with Gasteiger partial charge in [0, 0.05) is 7.05 Å². The number of likely N-dealkylation sites (tertiary alicyclic amines) is 1. The molecule has 0 radical (unpaired) electrons. The van der Waals surface area contributed by atoms with Crippen LogP contribution in [0.5, 0.6) is 0 Å². The standard InChI is InChI=1S/C17H19N3O3/c1-9-5-6-10-11(7-9)19-8-17(2,3)16(23)20(19)13-12(10)14(21)18(4)15(13)22/h5-7,12-13H,8H2,1-4H3. The molecule has 0 aliphatic carbocycles. The summed E-state index contributed by atoms with van der Waals surface area (Å²) >= 11 is 0. The first-order valence-electron chi connectivity index (χ1n) is 7.77. The molecule has 2 fully saturated rings. The summed E-state index contributed by atoms with van der Waals surface area (Å²) in [5.41, 5.74) is 2.18. The predicted molar refractivity (Wildman–Crippen MR) is 83.5 cm³/mol. The Hall–Kier alpha value is -2.37. The Morgan fingerprint density at radius 3 is 2.52 bits per heavy atom. The molecule has 0 spiro atoms. The lowest BCUT2D eigenvalue weighted by atomic mass is 9.88. The summed E-state index contributed by atoms with van der Waals surface area (Å²) in [6.45, 7) is 6.25. The van der Waals surface area contributed by atoms with Gasteiger partial charge in [-0.3, -0.25) is 24.3 Å². The fraction of sp³-hybridized carbons (Fsp3) is 0.471. The Bertz CT molecular complexity index is 770. The van der Waals surface area contributed by atoms with Gasteiger partial charge in [-0.05, 0) is 38.0 Å². The second-order valence-corrected chi connectivity index (χ2v) is 7.31. The number of hydrogen-bond acceptors (Lipinski definition) is 4. The van der Waals surface area contributed by atoms with E-state index < -0.39 is 17.4 Å². The Morgan fingerprint density at radius 1 is 1.13 bits per heavy atom. The molecule has 0 aromatic heterocycles. The molecule has 2 atom stereocenters. The summed E-state index contributed by atoms with van der Waals surface area (Å²) in [6.07, 6.45) is 0. The van der Waals surface area contributed by atoms with Crippen molar-refractivity contribution < 1.29 is 14.4 Å².